The number of allylic oxidation sites excluding steroid dienone is 1. The minimum Gasteiger partial charge on any atom is -0.493 e. The molecule has 2 aromatic carbocycles. The Morgan fingerprint density at radius 3 is 2.25 bits per heavy atom. The van der Waals surface area contributed by atoms with Gasteiger partial charge in [-0.05, 0) is 48.4 Å². The quantitative estimate of drug-likeness (QED) is 0.595. The fourth-order valence-electron chi connectivity index (χ4n) is 2.45. The van der Waals surface area contributed by atoms with Gasteiger partial charge >= 0.3 is 0 Å². The van der Waals surface area contributed by atoms with Crippen LogP contribution < -0.4 is 14.4 Å². The SMILES string of the molecule is COc1cc(C(=O)C=Cc2ccc(N(C)C)cc2)cc(C)c1OC. The molecule has 24 heavy (non-hydrogen) atoms. The molecule has 0 atom stereocenters. The summed E-state index contributed by atoms with van der Waals surface area (Å²) in [5, 5.41) is 0. The van der Waals surface area contributed by atoms with Crippen LogP contribution in [-0.4, -0.2) is 34.1 Å². The third-order valence-electron chi connectivity index (χ3n) is 3.79. The van der Waals surface area contributed by atoms with Crippen LogP contribution in [0, 0.1) is 6.92 Å². The predicted octanol–water partition coefficient (Wildman–Crippen LogP) is 3.97. The molecular weight excluding hydrogens is 302 g/mol. The topological polar surface area (TPSA) is 38.8 Å². The number of anilines is 1. The van der Waals surface area contributed by atoms with Crippen molar-refractivity contribution in [2.75, 3.05) is 33.2 Å². The molecule has 0 heterocycles. The maximum Gasteiger partial charge on any atom is 0.186 e. The van der Waals surface area contributed by atoms with E-state index in [4.69, 9.17) is 9.47 Å². The zero-order chi connectivity index (χ0) is 17.7. The molecule has 0 radical (unpaired) electrons. The van der Waals surface area contributed by atoms with Gasteiger partial charge in [0.05, 0.1) is 14.2 Å². The highest BCUT2D eigenvalue weighted by molar-refractivity contribution is 6.07. The molecule has 0 fully saturated rings. The molecule has 0 aromatic heterocycles. The Balaban J connectivity index is 2.21. The Bertz CT molecular complexity index is 746. The van der Waals surface area contributed by atoms with Gasteiger partial charge in [-0.1, -0.05) is 18.2 Å². The highest BCUT2D eigenvalue weighted by Gasteiger charge is 2.12. The summed E-state index contributed by atoms with van der Waals surface area (Å²) >= 11 is 0. The summed E-state index contributed by atoms with van der Waals surface area (Å²) in [5.41, 5.74) is 3.54. The average molecular weight is 325 g/mol. The van der Waals surface area contributed by atoms with Gasteiger partial charge in [0.2, 0.25) is 0 Å². The largest absolute Gasteiger partial charge is 0.493 e. The smallest absolute Gasteiger partial charge is 0.186 e. The van der Waals surface area contributed by atoms with Crippen molar-refractivity contribution in [3.8, 4) is 11.5 Å². The lowest BCUT2D eigenvalue weighted by Gasteiger charge is -2.12. The summed E-state index contributed by atoms with van der Waals surface area (Å²) in [5.74, 6) is 1.14. The summed E-state index contributed by atoms with van der Waals surface area (Å²) in [6.45, 7) is 1.89. The number of rotatable bonds is 6. The van der Waals surface area contributed by atoms with Crippen LogP contribution in [0.3, 0.4) is 0 Å². The molecule has 2 rings (SSSR count). The first-order valence-corrected chi connectivity index (χ1v) is 7.68. The van der Waals surface area contributed by atoms with Crippen LogP contribution in [0.15, 0.2) is 42.5 Å². The van der Waals surface area contributed by atoms with Crippen LogP contribution >= 0.6 is 0 Å². The van der Waals surface area contributed by atoms with E-state index in [2.05, 4.69) is 0 Å². The van der Waals surface area contributed by atoms with E-state index in [1.807, 2.05) is 62.3 Å². The molecule has 0 spiro atoms. The van der Waals surface area contributed by atoms with Crippen molar-refractivity contribution in [1.82, 2.24) is 0 Å². The number of aryl methyl sites for hydroxylation is 1. The number of nitrogens with zero attached hydrogens (tertiary/aromatic N) is 1. The number of ketones is 1. The van der Waals surface area contributed by atoms with Crippen molar-refractivity contribution in [2.24, 2.45) is 0 Å². The highest BCUT2D eigenvalue weighted by Crippen LogP contribution is 2.32. The second kappa shape index (κ2) is 7.68. The number of carbonyl (C=O) groups excluding carboxylic acids is 1. The molecule has 0 aliphatic carbocycles. The van der Waals surface area contributed by atoms with Crippen molar-refractivity contribution >= 4 is 17.5 Å². The predicted molar refractivity (Wildman–Crippen MR) is 98.4 cm³/mol. The van der Waals surface area contributed by atoms with Crippen LogP contribution in [0.5, 0.6) is 11.5 Å². The summed E-state index contributed by atoms with van der Waals surface area (Å²) in [6, 6.07) is 11.5. The molecule has 0 bridgehead atoms. The van der Waals surface area contributed by atoms with E-state index in [0.29, 0.717) is 17.1 Å². The molecule has 4 nitrogen and oxygen atoms in total. The van der Waals surface area contributed by atoms with E-state index in [9.17, 15) is 4.79 Å². The second-order valence-corrected chi connectivity index (χ2v) is 5.71. The van der Waals surface area contributed by atoms with Crippen LogP contribution in [0.4, 0.5) is 5.69 Å². The Hall–Kier alpha value is -2.75. The van der Waals surface area contributed by atoms with E-state index >= 15 is 0 Å². The van der Waals surface area contributed by atoms with Gasteiger partial charge < -0.3 is 14.4 Å². The van der Waals surface area contributed by atoms with Crippen molar-refractivity contribution < 1.29 is 14.3 Å². The van der Waals surface area contributed by atoms with Gasteiger partial charge in [-0.25, -0.2) is 0 Å². The molecule has 2 aromatic rings. The van der Waals surface area contributed by atoms with Gasteiger partial charge in [-0.15, -0.1) is 0 Å². The molecule has 0 saturated heterocycles. The minimum atomic E-state index is -0.0734. The number of methoxy groups -OCH3 is 2. The first-order valence-electron chi connectivity index (χ1n) is 7.68. The first-order chi connectivity index (χ1) is 11.5. The molecule has 126 valence electrons. The van der Waals surface area contributed by atoms with E-state index < -0.39 is 0 Å². The van der Waals surface area contributed by atoms with Crippen molar-refractivity contribution in [2.45, 2.75) is 6.92 Å². The first kappa shape index (κ1) is 17.6. The molecule has 0 saturated carbocycles. The number of ether oxygens (including phenoxy) is 2. The molecule has 0 aliphatic rings. The Morgan fingerprint density at radius 1 is 1.04 bits per heavy atom. The third kappa shape index (κ3) is 3.96. The Morgan fingerprint density at radius 2 is 1.71 bits per heavy atom. The van der Waals surface area contributed by atoms with E-state index in [1.165, 1.54) is 0 Å². The van der Waals surface area contributed by atoms with Crippen molar-refractivity contribution in [1.29, 1.82) is 0 Å². The van der Waals surface area contributed by atoms with Crippen molar-refractivity contribution in [3.05, 3.63) is 59.2 Å². The molecule has 0 N–H and O–H groups in total. The van der Waals surface area contributed by atoms with Crippen LogP contribution in [-0.2, 0) is 0 Å². The number of carbonyl (C=O) groups is 1. The summed E-state index contributed by atoms with van der Waals surface area (Å²) in [4.78, 5) is 14.5. The molecular formula is C20H23NO3. The van der Waals surface area contributed by atoms with E-state index in [0.717, 1.165) is 16.8 Å². The second-order valence-electron chi connectivity index (χ2n) is 5.71. The van der Waals surface area contributed by atoms with Crippen LogP contribution in [0.2, 0.25) is 0 Å². The van der Waals surface area contributed by atoms with Gasteiger partial charge in [-0.3, -0.25) is 4.79 Å². The molecule has 0 amide bonds. The summed E-state index contributed by atoms with van der Waals surface area (Å²) < 4.78 is 10.6. The monoisotopic (exact) mass is 325 g/mol. The maximum absolute atomic E-state index is 12.4. The zero-order valence-electron chi connectivity index (χ0n) is 14.8. The zero-order valence-corrected chi connectivity index (χ0v) is 14.8. The molecule has 0 aliphatic heterocycles. The molecule has 4 heteroatoms. The third-order valence-corrected chi connectivity index (χ3v) is 3.79. The fraction of sp³-hybridized carbons (Fsp3) is 0.250. The van der Waals surface area contributed by atoms with Crippen molar-refractivity contribution in [3.63, 3.8) is 0 Å². The number of benzene rings is 2. The van der Waals surface area contributed by atoms with Gasteiger partial charge in [0, 0.05) is 25.3 Å². The summed E-state index contributed by atoms with van der Waals surface area (Å²) in [7, 11) is 7.14. The van der Waals surface area contributed by atoms with Crippen LogP contribution in [0.25, 0.3) is 6.08 Å². The van der Waals surface area contributed by atoms with Gasteiger partial charge in [0.25, 0.3) is 0 Å². The number of hydrogen-bond donors (Lipinski definition) is 0. The fourth-order valence-corrected chi connectivity index (χ4v) is 2.45. The summed E-state index contributed by atoms with van der Waals surface area (Å²) in [6.07, 6.45) is 3.39. The normalized spacial score (nSPS) is 10.7. The minimum absolute atomic E-state index is 0.0734. The van der Waals surface area contributed by atoms with Gasteiger partial charge in [0.1, 0.15) is 0 Å². The van der Waals surface area contributed by atoms with E-state index in [1.54, 1.807) is 26.4 Å². The number of hydrogen-bond acceptors (Lipinski definition) is 4. The standard InChI is InChI=1S/C20H23NO3/c1-14-12-16(13-19(23-4)20(14)24-5)18(22)11-8-15-6-9-17(10-7-15)21(2)3/h6-13H,1-5H3. The van der Waals surface area contributed by atoms with Gasteiger partial charge in [-0.2, -0.15) is 0 Å². The Labute approximate surface area is 143 Å². The lowest BCUT2D eigenvalue weighted by Crippen LogP contribution is -2.07. The lowest BCUT2D eigenvalue weighted by atomic mass is 10.0. The highest BCUT2D eigenvalue weighted by atomic mass is 16.5. The van der Waals surface area contributed by atoms with E-state index in [-0.39, 0.29) is 5.78 Å². The average Bonchev–Trinajstić information content (AvgIpc) is 2.59. The maximum atomic E-state index is 12.4. The molecule has 0 unspecified atom stereocenters. The van der Waals surface area contributed by atoms with Crippen LogP contribution in [0.1, 0.15) is 21.5 Å². The lowest BCUT2D eigenvalue weighted by molar-refractivity contribution is 0.104. The Kier molecular flexibility index (Phi) is 5.64. The van der Waals surface area contributed by atoms with Gasteiger partial charge in [0.15, 0.2) is 17.3 Å².